The van der Waals surface area contributed by atoms with Gasteiger partial charge in [-0.15, -0.1) is 0 Å². The predicted octanol–water partition coefficient (Wildman–Crippen LogP) is 2.24. The van der Waals surface area contributed by atoms with E-state index in [1.807, 2.05) is 47.8 Å². The first-order chi connectivity index (χ1) is 21.3. The van der Waals surface area contributed by atoms with Gasteiger partial charge >= 0.3 is 6.03 Å². The summed E-state index contributed by atoms with van der Waals surface area (Å²) in [4.78, 5) is 65.2. The number of rotatable bonds is 10. The summed E-state index contributed by atoms with van der Waals surface area (Å²) in [6.45, 7) is 1.87. The van der Waals surface area contributed by atoms with Gasteiger partial charge in [-0.25, -0.2) is 29.7 Å². The largest absolute Gasteiger partial charge is 0.395 e. The molecule has 2 atom stereocenters. The van der Waals surface area contributed by atoms with Crippen LogP contribution in [0.4, 0.5) is 22.1 Å². The summed E-state index contributed by atoms with van der Waals surface area (Å²) in [5, 5.41) is 12.2. The molecule has 4 aromatic rings. The molecule has 0 spiro atoms. The van der Waals surface area contributed by atoms with Crippen LogP contribution in [0.15, 0.2) is 43.1 Å². The SMILES string of the molecule is Cc1ccnc([C@H]2C[C@@H]2C(=O)Nc2cc(N(C)Cc3cn4cc(C5CC5)cc(N5CC(=O)N(CCO)C5=O)c4n3)ncn2)n1. The standard InChI is InChI=1S/C30H32N10O4/c1-17-5-6-31-27(34-17)21-10-22(21)29(43)36-24-11-25(33-16-32-24)37(2)13-20-14-38-12-19(18-3-4-18)9-23(28(38)35-20)40-15-26(42)39(7-8-41)30(40)44/h5-6,9,11-12,14,16,18,21-22,41H,3-4,7-8,10,13,15H2,1-2H3,(H,32,33,36,43)/t21-,22-/m0/s1. The second-order valence-corrected chi connectivity index (χ2v) is 11.6. The molecule has 3 fully saturated rings. The molecule has 1 saturated heterocycles. The van der Waals surface area contributed by atoms with Gasteiger partial charge in [0.15, 0.2) is 5.65 Å². The lowest BCUT2D eigenvalue weighted by atomic mass is 10.1. The van der Waals surface area contributed by atoms with E-state index in [2.05, 4.69) is 25.3 Å². The van der Waals surface area contributed by atoms with Gasteiger partial charge in [-0.05, 0) is 49.8 Å². The van der Waals surface area contributed by atoms with E-state index in [4.69, 9.17) is 4.98 Å². The van der Waals surface area contributed by atoms with Crippen molar-refractivity contribution in [3.8, 4) is 0 Å². The average Bonchev–Trinajstić information content (AvgIpc) is 3.93. The lowest BCUT2D eigenvalue weighted by molar-refractivity contribution is -0.125. The van der Waals surface area contributed by atoms with Gasteiger partial charge in [0.2, 0.25) is 5.91 Å². The Morgan fingerprint density at radius 2 is 1.98 bits per heavy atom. The minimum Gasteiger partial charge on any atom is -0.395 e. The lowest BCUT2D eigenvalue weighted by Gasteiger charge is -2.18. The van der Waals surface area contributed by atoms with Gasteiger partial charge in [-0.3, -0.25) is 19.4 Å². The number of imidazole rings is 1. The Bertz CT molecular complexity index is 1790. The number of aliphatic hydroxyl groups excluding tert-OH is 1. The zero-order valence-corrected chi connectivity index (χ0v) is 24.4. The summed E-state index contributed by atoms with van der Waals surface area (Å²) < 4.78 is 1.91. The summed E-state index contributed by atoms with van der Waals surface area (Å²) in [6.07, 6.45) is 9.92. The fourth-order valence-corrected chi connectivity index (χ4v) is 5.70. The topological polar surface area (TPSA) is 162 Å². The second-order valence-electron chi connectivity index (χ2n) is 11.6. The molecule has 44 heavy (non-hydrogen) atoms. The maximum absolute atomic E-state index is 13.1. The lowest BCUT2D eigenvalue weighted by Crippen LogP contribution is -2.35. The highest BCUT2D eigenvalue weighted by Crippen LogP contribution is 2.46. The minimum atomic E-state index is -0.458. The number of anilines is 3. The van der Waals surface area contributed by atoms with E-state index in [-0.39, 0.29) is 43.3 Å². The first-order valence-electron chi connectivity index (χ1n) is 14.7. The third kappa shape index (κ3) is 5.32. The van der Waals surface area contributed by atoms with Crippen molar-refractivity contribution in [3.63, 3.8) is 0 Å². The summed E-state index contributed by atoms with van der Waals surface area (Å²) in [7, 11) is 1.87. The smallest absolute Gasteiger partial charge is 0.331 e. The molecule has 1 aliphatic heterocycles. The number of pyridine rings is 1. The Morgan fingerprint density at radius 1 is 1.14 bits per heavy atom. The van der Waals surface area contributed by atoms with Gasteiger partial charge < -0.3 is 19.7 Å². The number of hydrogen-bond donors (Lipinski definition) is 2. The third-order valence-electron chi connectivity index (χ3n) is 8.29. The summed E-state index contributed by atoms with van der Waals surface area (Å²) in [5.41, 5.74) is 3.84. The number of nitrogens with one attached hydrogen (secondary N) is 1. The van der Waals surface area contributed by atoms with Crippen LogP contribution in [-0.2, 0) is 16.1 Å². The molecular formula is C30H32N10O4. The van der Waals surface area contributed by atoms with Gasteiger partial charge in [0, 0.05) is 49.2 Å². The minimum absolute atomic E-state index is 0.00553. The number of carbonyl (C=O) groups excluding carboxylic acids is 3. The van der Waals surface area contributed by atoms with Crippen LogP contribution < -0.4 is 15.1 Å². The van der Waals surface area contributed by atoms with Crippen LogP contribution in [0.2, 0.25) is 0 Å². The van der Waals surface area contributed by atoms with Crippen molar-refractivity contribution in [1.82, 2.24) is 34.2 Å². The van der Waals surface area contributed by atoms with E-state index >= 15 is 0 Å². The first kappa shape index (κ1) is 27.8. The highest BCUT2D eigenvalue weighted by molar-refractivity contribution is 6.13. The second kappa shape index (κ2) is 10.9. The summed E-state index contributed by atoms with van der Waals surface area (Å²) in [6, 6.07) is 5.05. The number of β-amino-alcohol motifs (C(OH)–C–C–N with tert-alkyl or cyclic N) is 1. The van der Waals surface area contributed by atoms with Crippen molar-refractivity contribution in [2.45, 2.75) is 44.6 Å². The molecule has 2 N–H and O–H groups in total. The van der Waals surface area contributed by atoms with Crippen LogP contribution in [0.25, 0.3) is 5.65 Å². The zero-order valence-electron chi connectivity index (χ0n) is 24.4. The maximum Gasteiger partial charge on any atom is 0.331 e. The number of aliphatic hydroxyl groups is 1. The van der Waals surface area contributed by atoms with E-state index < -0.39 is 6.03 Å². The van der Waals surface area contributed by atoms with Crippen molar-refractivity contribution in [1.29, 1.82) is 0 Å². The van der Waals surface area contributed by atoms with Crippen molar-refractivity contribution in [2.24, 2.45) is 5.92 Å². The fourth-order valence-electron chi connectivity index (χ4n) is 5.70. The maximum atomic E-state index is 13.1. The normalized spacial score (nSPS) is 19.6. The van der Waals surface area contributed by atoms with Crippen molar-refractivity contribution in [3.05, 3.63) is 65.9 Å². The van der Waals surface area contributed by atoms with Gasteiger partial charge in [0.1, 0.15) is 30.3 Å². The van der Waals surface area contributed by atoms with E-state index in [0.717, 1.165) is 34.7 Å². The van der Waals surface area contributed by atoms with Crippen LogP contribution in [0, 0.1) is 12.8 Å². The number of fused-ring (bicyclic) bond motifs is 1. The third-order valence-corrected chi connectivity index (χ3v) is 8.29. The first-order valence-corrected chi connectivity index (χ1v) is 14.7. The van der Waals surface area contributed by atoms with Gasteiger partial charge in [-0.2, -0.15) is 0 Å². The number of hydrogen-bond acceptors (Lipinski definition) is 10. The molecule has 0 unspecified atom stereocenters. The molecular weight excluding hydrogens is 564 g/mol. The van der Waals surface area contributed by atoms with E-state index in [9.17, 15) is 19.5 Å². The summed E-state index contributed by atoms with van der Waals surface area (Å²) >= 11 is 0. The van der Waals surface area contributed by atoms with Gasteiger partial charge in [-0.1, -0.05) is 0 Å². The molecule has 2 aliphatic carbocycles. The molecule has 0 bridgehead atoms. The van der Waals surface area contributed by atoms with Gasteiger partial charge in [0.25, 0.3) is 5.91 Å². The number of nitrogens with zero attached hydrogens (tertiary/aromatic N) is 9. The Balaban J connectivity index is 1.08. The molecule has 4 aromatic heterocycles. The average molecular weight is 597 g/mol. The van der Waals surface area contributed by atoms with Crippen molar-refractivity contribution < 1.29 is 19.5 Å². The molecule has 0 radical (unpaired) electrons. The Morgan fingerprint density at radius 3 is 2.75 bits per heavy atom. The number of carbonyl (C=O) groups is 3. The zero-order chi connectivity index (χ0) is 30.5. The van der Waals surface area contributed by atoms with Crippen LogP contribution in [0.5, 0.6) is 0 Å². The van der Waals surface area contributed by atoms with Crippen molar-refractivity contribution >= 4 is 40.8 Å². The molecule has 226 valence electrons. The van der Waals surface area contributed by atoms with E-state index in [0.29, 0.717) is 47.7 Å². The van der Waals surface area contributed by atoms with Crippen LogP contribution >= 0.6 is 0 Å². The Labute approximate surface area is 252 Å². The number of amides is 4. The molecule has 5 heterocycles. The molecule has 3 aliphatic rings. The van der Waals surface area contributed by atoms with E-state index in [1.165, 1.54) is 11.2 Å². The highest BCUT2D eigenvalue weighted by atomic mass is 16.3. The molecule has 4 amide bonds. The Hall–Kier alpha value is -4.98. The predicted molar refractivity (Wildman–Crippen MR) is 159 cm³/mol. The summed E-state index contributed by atoms with van der Waals surface area (Å²) in [5.74, 6) is 1.44. The monoisotopic (exact) mass is 596 g/mol. The van der Waals surface area contributed by atoms with Crippen molar-refractivity contribution in [2.75, 3.05) is 41.9 Å². The molecule has 0 aromatic carbocycles. The number of urea groups is 1. The molecule has 7 rings (SSSR count). The molecule has 14 nitrogen and oxygen atoms in total. The Kier molecular flexibility index (Phi) is 6.92. The number of aromatic nitrogens is 6. The van der Waals surface area contributed by atoms with Gasteiger partial charge in [0.05, 0.1) is 31.1 Å². The molecule has 14 heteroatoms. The van der Waals surface area contributed by atoms with Crippen LogP contribution in [0.1, 0.15) is 53.9 Å². The number of aryl methyl sites for hydroxylation is 1. The highest BCUT2D eigenvalue weighted by Gasteiger charge is 2.46. The molecule has 2 saturated carbocycles. The number of imide groups is 1. The quantitative estimate of drug-likeness (QED) is 0.260. The van der Waals surface area contributed by atoms with Crippen LogP contribution in [-0.4, -0.2) is 83.9 Å². The van der Waals surface area contributed by atoms with Crippen LogP contribution in [0.3, 0.4) is 0 Å². The van der Waals surface area contributed by atoms with E-state index in [1.54, 1.807) is 12.3 Å². The fraction of sp³-hybridized carbons (Fsp3) is 0.400.